The predicted molar refractivity (Wildman–Crippen MR) is 66.7 cm³/mol. The van der Waals surface area contributed by atoms with Crippen LogP contribution in [0.2, 0.25) is 0 Å². The van der Waals surface area contributed by atoms with Crippen LogP contribution >= 0.6 is 15.9 Å². The summed E-state index contributed by atoms with van der Waals surface area (Å²) in [6.45, 7) is 5.05. The molecule has 0 saturated carbocycles. The van der Waals surface area contributed by atoms with E-state index in [4.69, 9.17) is 5.73 Å². The number of amides is 1. The molecule has 5 heteroatoms. The highest BCUT2D eigenvalue weighted by Gasteiger charge is 2.12. The number of pyridine rings is 1. The number of carbonyl (C=O) groups excluding carboxylic acids is 1. The van der Waals surface area contributed by atoms with Crippen molar-refractivity contribution in [3.05, 3.63) is 28.5 Å². The Morgan fingerprint density at radius 3 is 2.81 bits per heavy atom. The Morgan fingerprint density at radius 2 is 2.31 bits per heavy atom. The second-order valence-electron chi connectivity index (χ2n) is 3.95. The van der Waals surface area contributed by atoms with E-state index in [-0.39, 0.29) is 18.5 Å². The molecule has 16 heavy (non-hydrogen) atoms. The molecule has 0 atom stereocenters. The smallest absolute Gasteiger partial charge is 0.231 e. The SMILES string of the molecule is CC(C)N(CC(N)=O)Cc1ccnc(Br)c1. The number of nitrogens with two attached hydrogens (primary N) is 1. The molecule has 1 aromatic heterocycles. The standard InChI is InChI=1S/C11H16BrN3O/c1-8(2)15(7-11(13)16)6-9-3-4-14-10(12)5-9/h3-5,8H,6-7H2,1-2H3,(H2,13,16). The number of nitrogens with zero attached hydrogens (tertiary/aromatic N) is 2. The Balaban J connectivity index is 2.71. The fourth-order valence-electron chi connectivity index (χ4n) is 1.40. The summed E-state index contributed by atoms with van der Waals surface area (Å²) >= 11 is 3.32. The molecule has 2 N–H and O–H groups in total. The molecule has 0 aliphatic heterocycles. The molecule has 0 spiro atoms. The highest BCUT2D eigenvalue weighted by atomic mass is 79.9. The van der Waals surface area contributed by atoms with Gasteiger partial charge in [0, 0.05) is 18.8 Å². The first-order valence-electron chi connectivity index (χ1n) is 5.12. The molecular weight excluding hydrogens is 270 g/mol. The molecule has 0 aromatic carbocycles. The first-order valence-corrected chi connectivity index (χ1v) is 5.91. The molecule has 1 rings (SSSR count). The van der Waals surface area contributed by atoms with Gasteiger partial charge in [0.05, 0.1) is 6.54 Å². The van der Waals surface area contributed by atoms with Gasteiger partial charge in [-0.3, -0.25) is 9.69 Å². The number of halogens is 1. The zero-order valence-corrected chi connectivity index (χ0v) is 11.1. The maximum absolute atomic E-state index is 10.9. The Morgan fingerprint density at radius 1 is 1.62 bits per heavy atom. The third-order valence-corrected chi connectivity index (χ3v) is 2.70. The minimum atomic E-state index is -0.304. The fraction of sp³-hybridized carbons (Fsp3) is 0.455. The normalized spacial score (nSPS) is 11.1. The molecule has 0 radical (unpaired) electrons. The van der Waals surface area contributed by atoms with Gasteiger partial charge in [0.1, 0.15) is 4.60 Å². The molecule has 1 amide bonds. The zero-order chi connectivity index (χ0) is 12.1. The van der Waals surface area contributed by atoms with Gasteiger partial charge in [0.25, 0.3) is 0 Å². The van der Waals surface area contributed by atoms with Crippen LogP contribution in [-0.4, -0.2) is 28.4 Å². The van der Waals surface area contributed by atoms with Crippen LogP contribution in [0.15, 0.2) is 22.9 Å². The predicted octanol–water partition coefficient (Wildman–Crippen LogP) is 1.54. The van der Waals surface area contributed by atoms with E-state index < -0.39 is 0 Å². The lowest BCUT2D eigenvalue weighted by Gasteiger charge is -2.24. The molecule has 1 heterocycles. The van der Waals surface area contributed by atoms with E-state index in [0.29, 0.717) is 6.54 Å². The van der Waals surface area contributed by atoms with Crippen molar-refractivity contribution in [2.45, 2.75) is 26.4 Å². The molecule has 0 unspecified atom stereocenters. The first kappa shape index (κ1) is 13.1. The van der Waals surface area contributed by atoms with Gasteiger partial charge in [-0.25, -0.2) is 4.98 Å². The van der Waals surface area contributed by atoms with E-state index in [2.05, 4.69) is 20.9 Å². The highest BCUT2D eigenvalue weighted by molar-refractivity contribution is 9.10. The van der Waals surface area contributed by atoms with E-state index in [1.54, 1.807) is 6.20 Å². The number of hydrogen-bond donors (Lipinski definition) is 1. The molecule has 4 nitrogen and oxygen atoms in total. The van der Waals surface area contributed by atoms with E-state index in [9.17, 15) is 4.79 Å². The van der Waals surface area contributed by atoms with Gasteiger partial charge in [0.15, 0.2) is 0 Å². The quantitative estimate of drug-likeness (QED) is 0.835. The van der Waals surface area contributed by atoms with Crippen LogP contribution in [0, 0.1) is 0 Å². The number of hydrogen-bond acceptors (Lipinski definition) is 3. The lowest BCUT2D eigenvalue weighted by molar-refractivity contribution is -0.119. The maximum atomic E-state index is 10.9. The van der Waals surface area contributed by atoms with Crippen molar-refractivity contribution in [1.29, 1.82) is 0 Å². The van der Waals surface area contributed by atoms with E-state index >= 15 is 0 Å². The van der Waals surface area contributed by atoms with Gasteiger partial charge in [-0.05, 0) is 47.5 Å². The summed E-state index contributed by atoms with van der Waals surface area (Å²) in [5, 5.41) is 0. The van der Waals surface area contributed by atoms with Crippen LogP contribution in [0.1, 0.15) is 19.4 Å². The monoisotopic (exact) mass is 285 g/mol. The Labute approximate surface area is 104 Å². The van der Waals surface area contributed by atoms with Gasteiger partial charge in [-0.2, -0.15) is 0 Å². The van der Waals surface area contributed by atoms with Crippen molar-refractivity contribution in [1.82, 2.24) is 9.88 Å². The Hall–Kier alpha value is -0.940. The largest absolute Gasteiger partial charge is 0.369 e. The minimum Gasteiger partial charge on any atom is -0.369 e. The topological polar surface area (TPSA) is 59.2 Å². The first-order chi connectivity index (χ1) is 7.49. The van der Waals surface area contributed by atoms with E-state index in [1.807, 2.05) is 30.9 Å². The highest BCUT2D eigenvalue weighted by Crippen LogP contribution is 2.11. The summed E-state index contributed by atoms with van der Waals surface area (Å²) in [4.78, 5) is 17.0. The van der Waals surface area contributed by atoms with Gasteiger partial charge in [-0.1, -0.05) is 0 Å². The molecule has 0 aliphatic carbocycles. The van der Waals surface area contributed by atoms with Gasteiger partial charge in [-0.15, -0.1) is 0 Å². The second kappa shape index (κ2) is 5.96. The summed E-state index contributed by atoms with van der Waals surface area (Å²) in [6.07, 6.45) is 1.74. The number of aromatic nitrogens is 1. The number of rotatable bonds is 5. The zero-order valence-electron chi connectivity index (χ0n) is 9.48. The van der Waals surface area contributed by atoms with Crippen molar-refractivity contribution >= 4 is 21.8 Å². The van der Waals surface area contributed by atoms with Gasteiger partial charge >= 0.3 is 0 Å². The molecule has 0 aliphatic rings. The molecule has 88 valence electrons. The average molecular weight is 286 g/mol. The van der Waals surface area contributed by atoms with Crippen LogP contribution in [0.5, 0.6) is 0 Å². The number of primary amides is 1. The van der Waals surface area contributed by atoms with E-state index in [1.165, 1.54) is 0 Å². The minimum absolute atomic E-state index is 0.275. The van der Waals surface area contributed by atoms with Crippen LogP contribution in [0.3, 0.4) is 0 Å². The third kappa shape index (κ3) is 4.28. The van der Waals surface area contributed by atoms with Crippen molar-refractivity contribution in [2.24, 2.45) is 5.73 Å². The summed E-state index contributed by atoms with van der Waals surface area (Å²) in [7, 11) is 0. The Bertz CT molecular complexity index is 368. The van der Waals surface area contributed by atoms with Crippen LogP contribution in [0.4, 0.5) is 0 Å². The van der Waals surface area contributed by atoms with E-state index in [0.717, 1.165) is 10.2 Å². The van der Waals surface area contributed by atoms with Crippen molar-refractivity contribution < 1.29 is 4.79 Å². The Kier molecular flexibility index (Phi) is 4.89. The lowest BCUT2D eigenvalue weighted by atomic mass is 10.2. The van der Waals surface area contributed by atoms with Crippen LogP contribution in [0.25, 0.3) is 0 Å². The summed E-state index contributed by atoms with van der Waals surface area (Å²) in [5.41, 5.74) is 6.32. The summed E-state index contributed by atoms with van der Waals surface area (Å²) in [6, 6.07) is 4.15. The van der Waals surface area contributed by atoms with Crippen molar-refractivity contribution in [2.75, 3.05) is 6.54 Å². The molecule has 1 aromatic rings. The summed E-state index contributed by atoms with van der Waals surface area (Å²) in [5.74, 6) is -0.304. The molecule has 0 bridgehead atoms. The molecule has 0 fully saturated rings. The molecule has 0 saturated heterocycles. The van der Waals surface area contributed by atoms with Crippen molar-refractivity contribution in [3.8, 4) is 0 Å². The maximum Gasteiger partial charge on any atom is 0.231 e. The van der Waals surface area contributed by atoms with Gasteiger partial charge in [0.2, 0.25) is 5.91 Å². The van der Waals surface area contributed by atoms with Crippen LogP contribution in [-0.2, 0) is 11.3 Å². The third-order valence-electron chi connectivity index (χ3n) is 2.27. The van der Waals surface area contributed by atoms with Crippen molar-refractivity contribution in [3.63, 3.8) is 0 Å². The summed E-state index contributed by atoms with van der Waals surface area (Å²) < 4.78 is 0.799. The number of carbonyl (C=O) groups is 1. The van der Waals surface area contributed by atoms with Gasteiger partial charge < -0.3 is 5.73 Å². The fourth-order valence-corrected chi connectivity index (χ4v) is 1.81. The second-order valence-corrected chi connectivity index (χ2v) is 4.76. The van der Waals surface area contributed by atoms with Crippen LogP contribution < -0.4 is 5.73 Å². The molecular formula is C11H16BrN3O. The lowest BCUT2D eigenvalue weighted by Crippen LogP contribution is -2.37. The average Bonchev–Trinajstić information content (AvgIpc) is 2.15.